The van der Waals surface area contributed by atoms with E-state index in [2.05, 4.69) is 5.32 Å². The Morgan fingerprint density at radius 1 is 1.10 bits per heavy atom. The summed E-state index contributed by atoms with van der Waals surface area (Å²) in [4.78, 5) is 11.1. The van der Waals surface area contributed by atoms with Crippen LogP contribution in [-0.2, 0) is 13.0 Å². The van der Waals surface area contributed by atoms with E-state index in [0.29, 0.717) is 25.1 Å². The summed E-state index contributed by atoms with van der Waals surface area (Å²) >= 11 is 0. The Morgan fingerprint density at radius 3 is 2.48 bits per heavy atom. The summed E-state index contributed by atoms with van der Waals surface area (Å²) in [6.07, 6.45) is 0.706. The van der Waals surface area contributed by atoms with Crippen molar-refractivity contribution in [2.45, 2.75) is 13.0 Å². The van der Waals surface area contributed by atoms with Gasteiger partial charge < -0.3 is 11.1 Å². The molecule has 0 fully saturated rings. The maximum atomic E-state index is 13.6. The first-order chi connectivity index (χ1) is 10.1. The van der Waals surface area contributed by atoms with Crippen molar-refractivity contribution in [1.29, 1.82) is 0 Å². The maximum Gasteiger partial charge on any atom is 0.248 e. The van der Waals surface area contributed by atoms with Crippen LogP contribution in [0.25, 0.3) is 0 Å². The monoisotopic (exact) mass is 290 g/mol. The third-order valence-electron chi connectivity index (χ3n) is 3.15. The van der Waals surface area contributed by atoms with Gasteiger partial charge in [0.25, 0.3) is 0 Å². The minimum atomic E-state index is -0.581. The van der Waals surface area contributed by atoms with Gasteiger partial charge in [-0.2, -0.15) is 0 Å². The van der Waals surface area contributed by atoms with E-state index >= 15 is 0 Å². The first-order valence-corrected chi connectivity index (χ1v) is 6.59. The highest BCUT2D eigenvalue weighted by molar-refractivity contribution is 5.92. The molecule has 0 aromatic heterocycles. The number of amides is 1. The van der Waals surface area contributed by atoms with Gasteiger partial charge in [0.15, 0.2) is 0 Å². The molecule has 0 spiro atoms. The molecule has 2 aromatic rings. The van der Waals surface area contributed by atoms with Crippen molar-refractivity contribution in [2.75, 3.05) is 6.54 Å². The minimum absolute atomic E-state index is 0.267. The molecule has 2 rings (SSSR count). The molecule has 3 N–H and O–H groups in total. The number of hydrogen-bond donors (Lipinski definition) is 2. The highest BCUT2D eigenvalue weighted by atomic mass is 19.1. The highest BCUT2D eigenvalue weighted by Crippen LogP contribution is 2.10. The van der Waals surface area contributed by atoms with Crippen LogP contribution in [0, 0.1) is 11.6 Å². The second-order valence-electron chi connectivity index (χ2n) is 4.72. The fourth-order valence-electron chi connectivity index (χ4n) is 1.97. The van der Waals surface area contributed by atoms with E-state index in [4.69, 9.17) is 5.73 Å². The van der Waals surface area contributed by atoms with Crippen molar-refractivity contribution in [2.24, 2.45) is 5.73 Å². The lowest BCUT2D eigenvalue weighted by Crippen LogP contribution is -2.18. The van der Waals surface area contributed by atoms with E-state index in [1.165, 1.54) is 30.3 Å². The number of rotatable bonds is 6. The zero-order valence-electron chi connectivity index (χ0n) is 11.4. The smallest absolute Gasteiger partial charge is 0.248 e. The average molecular weight is 290 g/mol. The van der Waals surface area contributed by atoms with Gasteiger partial charge in [0.05, 0.1) is 0 Å². The third-order valence-corrected chi connectivity index (χ3v) is 3.15. The topological polar surface area (TPSA) is 55.1 Å². The molecule has 0 heterocycles. The molecule has 3 nitrogen and oxygen atoms in total. The molecule has 0 atom stereocenters. The second kappa shape index (κ2) is 6.95. The van der Waals surface area contributed by atoms with Crippen molar-refractivity contribution in [1.82, 2.24) is 5.32 Å². The molecule has 0 aliphatic carbocycles. The predicted octanol–water partition coefficient (Wildman–Crippen LogP) is 2.40. The van der Waals surface area contributed by atoms with E-state index in [-0.39, 0.29) is 17.2 Å². The third kappa shape index (κ3) is 4.36. The van der Waals surface area contributed by atoms with Gasteiger partial charge in [-0.15, -0.1) is 0 Å². The Morgan fingerprint density at radius 2 is 1.81 bits per heavy atom. The van der Waals surface area contributed by atoms with E-state index in [9.17, 15) is 13.6 Å². The van der Waals surface area contributed by atoms with Crippen LogP contribution in [0.2, 0.25) is 0 Å². The fourth-order valence-corrected chi connectivity index (χ4v) is 1.97. The van der Waals surface area contributed by atoms with Gasteiger partial charge in [-0.25, -0.2) is 8.78 Å². The molecule has 5 heteroatoms. The Kier molecular flexibility index (Phi) is 5.00. The van der Waals surface area contributed by atoms with Crippen LogP contribution in [0.5, 0.6) is 0 Å². The SMILES string of the molecule is NC(=O)c1ccc(F)c(CNCCc2ccc(F)cc2)c1. The lowest BCUT2D eigenvalue weighted by molar-refractivity contribution is 0.1000. The number of benzene rings is 2. The van der Waals surface area contributed by atoms with Crippen molar-refractivity contribution >= 4 is 5.91 Å². The summed E-state index contributed by atoms with van der Waals surface area (Å²) in [5.41, 5.74) is 6.84. The van der Waals surface area contributed by atoms with E-state index in [1.54, 1.807) is 12.1 Å². The van der Waals surface area contributed by atoms with Crippen LogP contribution in [-0.4, -0.2) is 12.5 Å². The molecule has 0 aliphatic rings. The molecule has 2 aromatic carbocycles. The normalized spacial score (nSPS) is 10.6. The zero-order valence-corrected chi connectivity index (χ0v) is 11.4. The molecule has 0 unspecified atom stereocenters. The van der Waals surface area contributed by atoms with Crippen LogP contribution in [0.15, 0.2) is 42.5 Å². The quantitative estimate of drug-likeness (QED) is 0.803. The Hall–Kier alpha value is -2.27. The molecule has 1 amide bonds. The molecular weight excluding hydrogens is 274 g/mol. The lowest BCUT2D eigenvalue weighted by atomic mass is 10.1. The summed E-state index contributed by atoms with van der Waals surface area (Å²) < 4.78 is 26.3. The molecular formula is C16H16F2N2O. The number of nitrogens with one attached hydrogen (secondary N) is 1. The number of carbonyl (C=O) groups is 1. The summed E-state index contributed by atoms with van der Waals surface area (Å²) in [5, 5.41) is 3.09. The van der Waals surface area contributed by atoms with Gasteiger partial charge in [-0.3, -0.25) is 4.79 Å². The Balaban J connectivity index is 1.87. The first-order valence-electron chi connectivity index (χ1n) is 6.59. The van der Waals surface area contributed by atoms with Gasteiger partial charge in [0, 0.05) is 17.7 Å². The van der Waals surface area contributed by atoms with Gasteiger partial charge in [-0.1, -0.05) is 12.1 Å². The summed E-state index contributed by atoms with van der Waals surface area (Å²) in [6.45, 7) is 0.917. The second-order valence-corrected chi connectivity index (χ2v) is 4.72. The van der Waals surface area contributed by atoms with Crippen molar-refractivity contribution < 1.29 is 13.6 Å². The summed E-state index contributed by atoms with van der Waals surface area (Å²) in [6, 6.07) is 10.3. The van der Waals surface area contributed by atoms with E-state index in [0.717, 1.165) is 5.56 Å². The first kappa shape index (κ1) is 15.1. The Labute approximate surface area is 121 Å². The number of nitrogens with two attached hydrogens (primary N) is 1. The minimum Gasteiger partial charge on any atom is -0.366 e. The van der Waals surface area contributed by atoms with Crippen molar-refractivity contribution in [3.8, 4) is 0 Å². The van der Waals surface area contributed by atoms with Crippen LogP contribution >= 0.6 is 0 Å². The summed E-state index contributed by atoms with van der Waals surface area (Å²) in [5.74, 6) is -1.23. The maximum absolute atomic E-state index is 13.6. The van der Waals surface area contributed by atoms with Gasteiger partial charge in [0.2, 0.25) is 5.91 Å². The van der Waals surface area contributed by atoms with Crippen LogP contribution < -0.4 is 11.1 Å². The zero-order chi connectivity index (χ0) is 15.2. The van der Waals surface area contributed by atoms with Crippen molar-refractivity contribution in [3.05, 3.63) is 70.8 Å². The van der Waals surface area contributed by atoms with Crippen LogP contribution in [0.4, 0.5) is 8.78 Å². The van der Waals surface area contributed by atoms with Gasteiger partial charge in [-0.05, 0) is 48.9 Å². The van der Waals surface area contributed by atoms with Crippen LogP contribution in [0.3, 0.4) is 0 Å². The predicted molar refractivity (Wildman–Crippen MR) is 76.7 cm³/mol. The highest BCUT2D eigenvalue weighted by Gasteiger charge is 2.06. The fraction of sp³-hybridized carbons (Fsp3) is 0.188. The number of carbonyl (C=O) groups excluding carboxylic acids is 1. The number of hydrogen-bond acceptors (Lipinski definition) is 2. The lowest BCUT2D eigenvalue weighted by Gasteiger charge is -2.07. The van der Waals surface area contributed by atoms with Crippen molar-refractivity contribution in [3.63, 3.8) is 0 Å². The molecule has 21 heavy (non-hydrogen) atoms. The largest absolute Gasteiger partial charge is 0.366 e. The summed E-state index contributed by atoms with van der Waals surface area (Å²) in [7, 11) is 0. The molecule has 0 radical (unpaired) electrons. The number of halogens is 2. The average Bonchev–Trinajstić information content (AvgIpc) is 2.47. The number of primary amides is 1. The molecule has 0 aliphatic heterocycles. The molecule has 0 saturated carbocycles. The molecule has 110 valence electrons. The van der Waals surface area contributed by atoms with Gasteiger partial charge in [0.1, 0.15) is 11.6 Å². The van der Waals surface area contributed by atoms with Crippen LogP contribution in [0.1, 0.15) is 21.5 Å². The van der Waals surface area contributed by atoms with E-state index in [1.807, 2.05) is 0 Å². The Bertz CT molecular complexity index is 627. The molecule has 0 saturated heterocycles. The van der Waals surface area contributed by atoms with E-state index < -0.39 is 5.91 Å². The standard InChI is InChI=1S/C16H16F2N2O/c17-14-4-1-11(2-5-14)7-8-20-10-13-9-12(16(19)21)3-6-15(13)18/h1-6,9,20H,7-8,10H2,(H2,19,21). The van der Waals surface area contributed by atoms with Gasteiger partial charge >= 0.3 is 0 Å². The molecule has 0 bridgehead atoms.